The molecule has 4 heterocycles. The van der Waals surface area contributed by atoms with Crippen LogP contribution in [0.1, 0.15) is 48.3 Å². The molecule has 3 amide bonds. The van der Waals surface area contributed by atoms with Gasteiger partial charge in [0, 0.05) is 31.0 Å². The fraction of sp³-hybridized carbons (Fsp3) is 0.379. The quantitative estimate of drug-likeness (QED) is 0.422. The molecule has 0 saturated carbocycles. The highest BCUT2D eigenvalue weighted by atomic mass is 19.1. The van der Waals surface area contributed by atoms with E-state index in [9.17, 15) is 18.8 Å². The number of aromatic nitrogens is 3. The number of likely N-dealkylation sites (tertiary alicyclic amines) is 2. The van der Waals surface area contributed by atoms with E-state index in [0.29, 0.717) is 36.4 Å². The van der Waals surface area contributed by atoms with Crippen LogP contribution in [0.3, 0.4) is 0 Å². The van der Waals surface area contributed by atoms with Gasteiger partial charge in [-0.3, -0.25) is 14.4 Å². The largest absolute Gasteiger partial charge is 0.340 e. The molecule has 2 aliphatic heterocycles. The highest BCUT2D eigenvalue weighted by Crippen LogP contribution is 2.34. The summed E-state index contributed by atoms with van der Waals surface area (Å²) in [5, 5.41) is 3.58. The lowest BCUT2D eigenvalue weighted by Crippen LogP contribution is -2.59. The molecule has 0 unspecified atom stereocenters. The second-order valence-electron chi connectivity index (χ2n) is 11.7. The first-order valence-electron chi connectivity index (χ1n) is 13.1. The van der Waals surface area contributed by atoms with Gasteiger partial charge in [0.05, 0.1) is 23.1 Å². The van der Waals surface area contributed by atoms with E-state index >= 15 is 0 Å². The van der Waals surface area contributed by atoms with Crippen LogP contribution in [0, 0.1) is 11.2 Å². The lowest BCUT2D eigenvalue weighted by Gasteiger charge is -2.39. The number of benzene rings is 2. The summed E-state index contributed by atoms with van der Waals surface area (Å²) in [5.41, 5.74) is 2.06. The third-order valence-electron chi connectivity index (χ3n) is 8.00. The molecule has 4 aromatic rings. The topological polar surface area (TPSA) is 103 Å². The number of imidazole rings is 1. The van der Waals surface area contributed by atoms with E-state index in [1.807, 2.05) is 45.0 Å². The second-order valence-corrected chi connectivity index (χ2v) is 11.7. The van der Waals surface area contributed by atoms with Crippen LogP contribution < -0.4 is 5.32 Å². The number of amides is 3. The molecular weight excluding hydrogens is 499 g/mol. The van der Waals surface area contributed by atoms with Gasteiger partial charge in [-0.05, 0) is 48.2 Å². The summed E-state index contributed by atoms with van der Waals surface area (Å²) in [7, 11) is 1.75. The van der Waals surface area contributed by atoms with Crippen LogP contribution >= 0.6 is 0 Å². The summed E-state index contributed by atoms with van der Waals surface area (Å²) < 4.78 is 15.4. The predicted molar refractivity (Wildman–Crippen MR) is 145 cm³/mol. The van der Waals surface area contributed by atoms with Crippen LogP contribution in [0.4, 0.5) is 4.39 Å². The summed E-state index contributed by atoms with van der Waals surface area (Å²) in [6.07, 6.45) is 0.692. The van der Waals surface area contributed by atoms with Crippen LogP contribution in [0.15, 0.2) is 48.5 Å². The Kier molecular flexibility index (Phi) is 5.74. The number of aryl methyl sites for hydroxylation is 1. The Morgan fingerprint density at radius 3 is 2.46 bits per heavy atom. The molecule has 3 atom stereocenters. The molecule has 202 valence electrons. The Hall–Kier alpha value is -4.21. The van der Waals surface area contributed by atoms with Gasteiger partial charge >= 0.3 is 0 Å². The minimum atomic E-state index is -0.779. The van der Waals surface area contributed by atoms with Crippen molar-refractivity contribution in [3.63, 3.8) is 0 Å². The highest BCUT2D eigenvalue weighted by Gasteiger charge is 2.50. The molecule has 10 heteroatoms. The van der Waals surface area contributed by atoms with Crippen LogP contribution in [0.25, 0.3) is 21.9 Å². The van der Waals surface area contributed by atoms with Crippen LogP contribution in [-0.4, -0.2) is 73.3 Å². The first-order chi connectivity index (χ1) is 18.5. The van der Waals surface area contributed by atoms with Crippen LogP contribution in [0.5, 0.6) is 0 Å². The summed E-state index contributed by atoms with van der Waals surface area (Å²) >= 11 is 0. The molecule has 2 fully saturated rings. The lowest BCUT2D eigenvalue weighted by molar-refractivity contribution is -0.138. The van der Waals surface area contributed by atoms with E-state index < -0.39 is 17.4 Å². The number of piperazine rings is 1. The molecule has 39 heavy (non-hydrogen) atoms. The Balaban J connectivity index is 1.18. The number of para-hydroxylation sites is 2. The maximum Gasteiger partial charge on any atom is 0.290 e. The first kappa shape index (κ1) is 25.1. The van der Waals surface area contributed by atoms with Crippen LogP contribution in [0.2, 0.25) is 0 Å². The van der Waals surface area contributed by atoms with E-state index in [1.54, 1.807) is 33.5 Å². The van der Waals surface area contributed by atoms with E-state index in [-0.39, 0.29) is 29.7 Å². The molecule has 6 rings (SSSR count). The van der Waals surface area contributed by atoms with Crippen molar-refractivity contribution in [2.75, 3.05) is 13.1 Å². The van der Waals surface area contributed by atoms with E-state index in [0.717, 1.165) is 16.6 Å². The van der Waals surface area contributed by atoms with Gasteiger partial charge < -0.3 is 24.7 Å². The Morgan fingerprint density at radius 2 is 1.77 bits per heavy atom. The number of hydrogen-bond acceptors (Lipinski definition) is 4. The number of H-pyrrole nitrogens is 1. The number of fused-ring (bicyclic) bond motifs is 4. The van der Waals surface area contributed by atoms with Crippen molar-refractivity contribution in [1.29, 1.82) is 0 Å². The van der Waals surface area contributed by atoms with Gasteiger partial charge in [-0.15, -0.1) is 0 Å². The number of halogens is 1. The average Bonchev–Trinajstić information content (AvgIpc) is 3.67. The smallest absolute Gasteiger partial charge is 0.290 e. The standard InChI is InChI=1S/C29H31FN6O3/c1-29(2,3)24(33-26(37)23-12-16-11-17(30)9-10-22(16)34(23)4)27(38)35-14-19-13-18(35)15-36(19)28(39)25-31-20-7-5-6-8-21(20)32-25/h5-12,18-19,24H,13-15H2,1-4H3,(H,31,32)(H,33,37)/t18-,19-,24+/m0/s1. The molecule has 2 saturated heterocycles. The van der Waals surface area contributed by atoms with Gasteiger partial charge in [-0.2, -0.15) is 0 Å². The SMILES string of the molecule is Cn1c(C(=O)N[C@H](C(=O)N2C[C@@H]3C[C@H]2CN3C(=O)c2nc3ccccc3[nH]2)C(C)(C)C)cc2cc(F)ccc21. The first-order valence-corrected chi connectivity index (χ1v) is 13.1. The average molecular weight is 531 g/mol. The van der Waals surface area contributed by atoms with Gasteiger partial charge in [0.1, 0.15) is 17.6 Å². The summed E-state index contributed by atoms with van der Waals surface area (Å²) in [6, 6.07) is 12.5. The number of hydrogen-bond donors (Lipinski definition) is 2. The Labute approximate surface area is 225 Å². The summed E-state index contributed by atoms with van der Waals surface area (Å²) in [6.45, 7) is 6.58. The zero-order valence-corrected chi connectivity index (χ0v) is 22.4. The molecule has 2 aromatic carbocycles. The number of rotatable bonds is 4. The van der Waals surface area contributed by atoms with Gasteiger partial charge in [0.25, 0.3) is 11.8 Å². The number of carbonyl (C=O) groups excluding carboxylic acids is 3. The zero-order valence-electron chi connectivity index (χ0n) is 22.4. The Morgan fingerprint density at radius 1 is 1.05 bits per heavy atom. The minimum Gasteiger partial charge on any atom is -0.340 e. The van der Waals surface area contributed by atoms with Gasteiger partial charge in [0.2, 0.25) is 5.91 Å². The summed E-state index contributed by atoms with van der Waals surface area (Å²) in [5.74, 6) is -0.799. The fourth-order valence-corrected chi connectivity index (χ4v) is 5.93. The normalized spacial score (nSPS) is 19.7. The van der Waals surface area contributed by atoms with Crippen molar-refractivity contribution in [3.05, 3.63) is 65.9 Å². The maximum absolute atomic E-state index is 13.8. The van der Waals surface area contributed by atoms with Gasteiger partial charge in [-0.1, -0.05) is 32.9 Å². The monoisotopic (exact) mass is 530 g/mol. The van der Waals surface area contributed by atoms with E-state index in [1.165, 1.54) is 12.1 Å². The zero-order chi connectivity index (χ0) is 27.6. The van der Waals surface area contributed by atoms with E-state index in [2.05, 4.69) is 15.3 Å². The lowest BCUT2D eigenvalue weighted by atomic mass is 9.85. The van der Waals surface area contributed by atoms with Crippen molar-refractivity contribution in [2.45, 2.75) is 45.3 Å². The number of nitrogens with zero attached hydrogens (tertiary/aromatic N) is 4. The van der Waals surface area contributed by atoms with Crippen molar-refractivity contribution >= 4 is 39.7 Å². The highest BCUT2D eigenvalue weighted by molar-refractivity contribution is 6.01. The third-order valence-corrected chi connectivity index (χ3v) is 8.00. The van der Waals surface area contributed by atoms with Crippen molar-refractivity contribution in [3.8, 4) is 0 Å². The summed E-state index contributed by atoms with van der Waals surface area (Å²) in [4.78, 5) is 51.6. The van der Waals surface area contributed by atoms with E-state index in [4.69, 9.17) is 0 Å². The molecule has 0 radical (unpaired) electrons. The Bertz CT molecular complexity index is 1600. The molecule has 2 aliphatic rings. The van der Waals surface area contributed by atoms with Crippen molar-refractivity contribution < 1.29 is 18.8 Å². The molecule has 2 bridgehead atoms. The fourth-order valence-electron chi connectivity index (χ4n) is 5.93. The molecule has 0 spiro atoms. The van der Waals surface area contributed by atoms with Crippen molar-refractivity contribution in [1.82, 2.24) is 29.7 Å². The molecular formula is C29H31FN6O3. The molecule has 2 N–H and O–H groups in total. The number of carbonyl (C=O) groups is 3. The minimum absolute atomic E-state index is 0.107. The van der Waals surface area contributed by atoms with Gasteiger partial charge in [0.15, 0.2) is 5.82 Å². The second kappa shape index (κ2) is 8.93. The molecule has 0 aliphatic carbocycles. The molecule has 9 nitrogen and oxygen atoms in total. The predicted octanol–water partition coefficient (Wildman–Crippen LogP) is 3.46. The maximum atomic E-state index is 13.8. The number of aromatic amines is 1. The van der Waals surface area contributed by atoms with Crippen LogP contribution in [-0.2, 0) is 11.8 Å². The number of nitrogens with one attached hydrogen (secondary N) is 2. The molecule has 2 aromatic heterocycles. The third kappa shape index (κ3) is 4.24. The van der Waals surface area contributed by atoms with Gasteiger partial charge in [-0.25, -0.2) is 9.37 Å². The van der Waals surface area contributed by atoms with Crippen molar-refractivity contribution in [2.24, 2.45) is 12.5 Å².